The van der Waals surface area contributed by atoms with Gasteiger partial charge in [0.1, 0.15) is 11.5 Å². The molecule has 2 aromatic rings. The van der Waals surface area contributed by atoms with Gasteiger partial charge in [0, 0.05) is 11.1 Å². The highest BCUT2D eigenvalue weighted by Gasteiger charge is 2.01. The van der Waals surface area contributed by atoms with Crippen molar-refractivity contribution in [2.75, 3.05) is 13.2 Å². The zero-order chi connectivity index (χ0) is 17.0. The first-order valence-electron chi connectivity index (χ1n) is 8.54. The Balaban J connectivity index is 1.73. The zero-order valence-electron chi connectivity index (χ0n) is 14.6. The van der Waals surface area contributed by atoms with Crippen molar-refractivity contribution < 1.29 is 9.47 Å². The van der Waals surface area contributed by atoms with Gasteiger partial charge in [0.2, 0.25) is 0 Å². The molecule has 126 valence electrons. The molecule has 0 aliphatic heterocycles. The number of benzene rings is 2. The van der Waals surface area contributed by atoms with Gasteiger partial charge >= 0.3 is 0 Å². The maximum absolute atomic E-state index is 5.89. The molecule has 0 saturated carbocycles. The molecule has 2 rings (SSSR count). The molecule has 2 heteroatoms. The second-order valence-electron chi connectivity index (χ2n) is 5.48. The van der Waals surface area contributed by atoms with E-state index in [0.29, 0.717) is 13.2 Å². The third-order valence-electron chi connectivity index (χ3n) is 3.58. The van der Waals surface area contributed by atoms with Gasteiger partial charge in [0.15, 0.2) is 0 Å². The van der Waals surface area contributed by atoms with Crippen LogP contribution in [0.5, 0.6) is 11.5 Å². The fraction of sp³-hybridized carbons (Fsp3) is 0.273. The lowest BCUT2D eigenvalue weighted by atomic mass is 10.2. The van der Waals surface area contributed by atoms with E-state index in [0.717, 1.165) is 35.5 Å². The SMILES string of the molecule is CC=Cc1ccccc1OCCCCOc1ccccc1C=CC. The summed E-state index contributed by atoms with van der Waals surface area (Å²) < 4.78 is 11.8. The highest BCUT2D eigenvalue weighted by Crippen LogP contribution is 2.21. The molecule has 0 atom stereocenters. The van der Waals surface area contributed by atoms with E-state index < -0.39 is 0 Å². The molecule has 0 unspecified atom stereocenters. The normalized spacial score (nSPS) is 11.2. The Morgan fingerprint density at radius 3 is 1.50 bits per heavy atom. The molecule has 2 nitrogen and oxygen atoms in total. The molecule has 0 saturated heterocycles. The van der Waals surface area contributed by atoms with Gasteiger partial charge in [-0.05, 0) is 38.8 Å². The Bertz CT molecular complexity index is 612. The maximum Gasteiger partial charge on any atom is 0.126 e. The maximum atomic E-state index is 5.89. The van der Waals surface area contributed by atoms with Crippen molar-refractivity contribution in [3.8, 4) is 11.5 Å². The Morgan fingerprint density at radius 2 is 1.08 bits per heavy atom. The molecule has 0 spiro atoms. The van der Waals surface area contributed by atoms with Crippen LogP contribution in [0.3, 0.4) is 0 Å². The molecular weight excluding hydrogens is 296 g/mol. The highest BCUT2D eigenvalue weighted by atomic mass is 16.5. The topological polar surface area (TPSA) is 18.5 Å². The van der Waals surface area contributed by atoms with Crippen molar-refractivity contribution in [3.05, 3.63) is 71.8 Å². The fourth-order valence-electron chi connectivity index (χ4n) is 2.43. The zero-order valence-corrected chi connectivity index (χ0v) is 14.6. The van der Waals surface area contributed by atoms with Crippen LogP contribution in [-0.4, -0.2) is 13.2 Å². The monoisotopic (exact) mass is 322 g/mol. The Labute approximate surface area is 145 Å². The third kappa shape index (κ3) is 5.62. The average molecular weight is 322 g/mol. The van der Waals surface area contributed by atoms with Gasteiger partial charge in [0.25, 0.3) is 0 Å². The van der Waals surface area contributed by atoms with Gasteiger partial charge in [-0.2, -0.15) is 0 Å². The van der Waals surface area contributed by atoms with Crippen LogP contribution in [0, 0.1) is 0 Å². The molecule has 0 aliphatic carbocycles. The quantitative estimate of drug-likeness (QED) is 0.528. The summed E-state index contributed by atoms with van der Waals surface area (Å²) in [6, 6.07) is 16.2. The van der Waals surface area contributed by atoms with E-state index in [-0.39, 0.29) is 0 Å². The Kier molecular flexibility index (Phi) is 7.69. The molecular formula is C22H26O2. The lowest BCUT2D eigenvalue weighted by Gasteiger charge is -2.11. The van der Waals surface area contributed by atoms with Crippen molar-refractivity contribution in [1.29, 1.82) is 0 Å². The molecule has 0 fully saturated rings. The third-order valence-corrected chi connectivity index (χ3v) is 3.58. The summed E-state index contributed by atoms with van der Waals surface area (Å²) in [5.74, 6) is 1.88. The van der Waals surface area contributed by atoms with Crippen molar-refractivity contribution in [3.63, 3.8) is 0 Å². The lowest BCUT2D eigenvalue weighted by molar-refractivity contribution is 0.266. The van der Waals surface area contributed by atoms with Crippen LogP contribution < -0.4 is 9.47 Å². The van der Waals surface area contributed by atoms with Crippen molar-refractivity contribution >= 4 is 12.2 Å². The van der Waals surface area contributed by atoms with Crippen LogP contribution in [0.4, 0.5) is 0 Å². The minimum atomic E-state index is 0.703. The second-order valence-corrected chi connectivity index (χ2v) is 5.48. The predicted molar refractivity (Wildman–Crippen MR) is 103 cm³/mol. The van der Waals surface area contributed by atoms with Crippen LogP contribution in [0.2, 0.25) is 0 Å². The number of hydrogen-bond acceptors (Lipinski definition) is 2. The Hall–Kier alpha value is -2.48. The average Bonchev–Trinajstić information content (AvgIpc) is 2.61. The fourth-order valence-corrected chi connectivity index (χ4v) is 2.43. The van der Waals surface area contributed by atoms with Gasteiger partial charge in [-0.25, -0.2) is 0 Å². The van der Waals surface area contributed by atoms with E-state index in [2.05, 4.69) is 24.3 Å². The number of unbranched alkanes of at least 4 members (excludes halogenated alkanes) is 1. The number of rotatable bonds is 9. The number of ether oxygens (including phenoxy) is 2. The first-order valence-corrected chi connectivity index (χ1v) is 8.54. The summed E-state index contributed by atoms with van der Waals surface area (Å²) in [5.41, 5.74) is 2.24. The van der Waals surface area contributed by atoms with Crippen LogP contribution in [0.15, 0.2) is 60.7 Å². The molecule has 0 amide bonds. The van der Waals surface area contributed by atoms with Crippen LogP contribution in [0.25, 0.3) is 12.2 Å². The Morgan fingerprint density at radius 1 is 0.667 bits per heavy atom. The van der Waals surface area contributed by atoms with E-state index >= 15 is 0 Å². The first kappa shape index (κ1) is 17.9. The van der Waals surface area contributed by atoms with Gasteiger partial charge in [-0.1, -0.05) is 60.7 Å². The van der Waals surface area contributed by atoms with Gasteiger partial charge in [-0.15, -0.1) is 0 Å². The summed E-state index contributed by atoms with van der Waals surface area (Å²) in [4.78, 5) is 0. The van der Waals surface area contributed by atoms with Crippen LogP contribution in [-0.2, 0) is 0 Å². The van der Waals surface area contributed by atoms with E-state index in [1.807, 2.05) is 62.4 Å². The molecule has 0 heterocycles. The summed E-state index contributed by atoms with van der Waals surface area (Å²) in [7, 11) is 0. The summed E-state index contributed by atoms with van der Waals surface area (Å²) in [6.45, 7) is 5.43. The lowest BCUT2D eigenvalue weighted by Crippen LogP contribution is -2.03. The van der Waals surface area contributed by atoms with E-state index in [4.69, 9.17) is 9.47 Å². The second kappa shape index (κ2) is 10.3. The molecule has 24 heavy (non-hydrogen) atoms. The molecule has 0 aromatic heterocycles. The summed E-state index contributed by atoms with van der Waals surface area (Å²) in [5, 5.41) is 0. The van der Waals surface area contributed by atoms with Gasteiger partial charge in [-0.3, -0.25) is 0 Å². The minimum absolute atomic E-state index is 0.703. The van der Waals surface area contributed by atoms with Crippen molar-refractivity contribution in [2.24, 2.45) is 0 Å². The molecule has 2 aromatic carbocycles. The molecule has 0 bridgehead atoms. The van der Waals surface area contributed by atoms with Crippen LogP contribution in [0.1, 0.15) is 37.8 Å². The molecule has 0 radical (unpaired) electrons. The predicted octanol–water partition coefficient (Wildman–Crippen LogP) is 5.99. The van der Waals surface area contributed by atoms with Gasteiger partial charge < -0.3 is 9.47 Å². The molecule has 0 N–H and O–H groups in total. The van der Waals surface area contributed by atoms with E-state index in [1.54, 1.807) is 0 Å². The van der Waals surface area contributed by atoms with E-state index in [9.17, 15) is 0 Å². The first-order chi connectivity index (χ1) is 11.8. The largest absolute Gasteiger partial charge is 0.493 e. The van der Waals surface area contributed by atoms with Crippen molar-refractivity contribution in [2.45, 2.75) is 26.7 Å². The van der Waals surface area contributed by atoms with Crippen molar-refractivity contribution in [1.82, 2.24) is 0 Å². The van der Waals surface area contributed by atoms with Gasteiger partial charge in [0.05, 0.1) is 13.2 Å². The highest BCUT2D eigenvalue weighted by molar-refractivity contribution is 5.57. The summed E-state index contributed by atoms with van der Waals surface area (Å²) >= 11 is 0. The minimum Gasteiger partial charge on any atom is -0.493 e. The molecule has 0 aliphatic rings. The number of para-hydroxylation sites is 2. The van der Waals surface area contributed by atoms with E-state index in [1.165, 1.54) is 0 Å². The number of hydrogen-bond donors (Lipinski definition) is 0. The standard InChI is InChI=1S/C22H26O2/c1-3-11-19-13-5-7-15-21(19)23-17-9-10-18-24-22-16-8-6-14-20(22)12-4-2/h3-8,11-16H,9-10,17-18H2,1-2H3. The number of allylic oxidation sites excluding steroid dienone is 2. The van der Waals surface area contributed by atoms with Crippen LogP contribution >= 0.6 is 0 Å². The smallest absolute Gasteiger partial charge is 0.126 e. The summed E-state index contributed by atoms with van der Waals surface area (Å²) in [6.07, 6.45) is 10.1.